The van der Waals surface area contributed by atoms with Crippen molar-refractivity contribution in [2.75, 3.05) is 0 Å². The number of alkyl halides is 2. The Morgan fingerprint density at radius 1 is 0.870 bits per heavy atom. The number of carboxylic acid groups (broad SMARTS) is 1. The molecule has 3 rings (SSSR count). The van der Waals surface area contributed by atoms with Crippen LogP contribution in [-0.4, -0.2) is 38.2 Å². The van der Waals surface area contributed by atoms with Crippen molar-refractivity contribution in [1.29, 1.82) is 0 Å². The Hall–Kier alpha value is -2.84. The van der Waals surface area contributed by atoms with E-state index in [0.29, 0.717) is 16.7 Å². The maximum absolute atomic E-state index is 13.4. The molecule has 3 aromatic rings. The first kappa shape index (κ1) is 37.6. The highest BCUT2D eigenvalue weighted by Gasteiger charge is 2.27. The fourth-order valence-electron chi connectivity index (χ4n) is 5.30. The summed E-state index contributed by atoms with van der Waals surface area (Å²) in [6.07, 6.45) is 17.2. The summed E-state index contributed by atoms with van der Waals surface area (Å²) in [5.41, 5.74) is 0.579. The van der Waals surface area contributed by atoms with E-state index in [1.165, 1.54) is 94.0 Å². The van der Waals surface area contributed by atoms with Gasteiger partial charge < -0.3 is 9.67 Å². The average Bonchev–Trinajstić information content (AvgIpc) is 3.34. The van der Waals surface area contributed by atoms with Gasteiger partial charge in [0, 0.05) is 7.05 Å². The average molecular weight is 702 g/mol. The molecule has 0 saturated heterocycles. The highest BCUT2D eigenvalue weighted by Crippen LogP contribution is 2.25. The summed E-state index contributed by atoms with van der Waals surface area (Å²) in [5.74, 6) is -4.84. The molecule has 256 valence electrons. The molecule has 1 aromatic heterocycles. The van der Waals surface area contributed by atoms with Gasteiger partial charge in [0.25, 0.3) is 10.0 Å². The van der Waals surface area contributed by atoms with Gasteiger partial charge in [-0.2, -0.15) is 22.0 Å². The number of unbranched alkanes of at least 4 members (excludes halogenated alkanes) is 13. The summed E-state index contributed by atoms with van der Waals surface area (Å²) in [7, 11) is -7.61. The van der Waals surface area contributed by atoms with Crippen molar-refractivity contribution in [2.45, 2.75) is 119 Å². The normalized spacial score (nSPS) is 12.8. The van der Waals surface area contributed by atoms with Crippen molar-refractivity contribution in [3.05, 3.63) is 52.3 Å². The minimum Gasteiger partial charge on any atom is -0.478 e. The van der Waals surface area contributed by atoms with Gasteiger partial charge >= 0.3 is 11.7 Å². The highest BCUT2D eigenvalue weighted by molar-refractivity contribution is 7.91. The lowest BCUT2D eigenvalue weighted by molar-refractivity contribution is 0.0696. The number of carboxylic acids is 1. The monoisotopic (exact) mass is 701 g/mol. The summed E-state index contributed by atoms with van der Waals surface area (Å²) in [6, 6.07) is 7.53. The van der Waals surface area contributed by atoms with Crippen LogP contribution in [0.15, 0.2) is 51.3 Å². The molecular formula is C32H45F2N3O6S3. The Kier molecular flexibility index (Phi) is 14.6. The Balaban J connectivity index is 1.61. The second-order valence-electron chi connectivity index (χ2n) is 11.6. The number of aryl methyl sites for hydroxylation is 2. The number of halogens is 2. The van der Waals surface area contributed by atoms with Crippen LogP contribution in [0.1, 0.15) is 113 Å². The van der Waals surface area contributed by atoms with Crippen LogP contribution in [0.25, 0.3) is 10.2 Å². The van der Waals surface area contributed by atoms with Crippen LogP contribution in [-0.2, 0) is 33.3 Å². The summed E-state index contributed by atoms with van der Waals surface area (Å²) >= 11 is 1.02. The summed E-state index contributed by atoms with van der Waals surface area (Å²) in [5, 5.41) is 13.5. The van der Waals surface area contributed by atoms with Crippen LogP contribution in [0.4, 0.5) is 8.78 Å². The van der Waals surface area contributed by atoms with Crippen LogP contribution in [0.3, 0.4) is 0 Å². The number of carbonyl (C=O) groups is 1. The molecule has 0 aliphatic heterocycles. The lowest BCUT2D eigenvalue weighted by Gasteiger charge is -2.11. The van der Waals surface area contributed by atoms with E-state index in [9.17, 15) is 35.5 Å². The lowest BCUT2D eigenvalue weighted by atomic mass is 10.0. The summed E-state index contributed by atoms with van der Waals surface area (Å²) in [6.45, 7) is 2.23. The molecule has 2 aromatic carbocycles. The molecule has 46 heavy (non-hydrogen) atoms. The van der Waals surface area contributed by atoms with Gasteiger partial charge in [0.1, 0.15) is 0 Å². The van der Waals surface area contributed by atoms with Crippen molar-refractivity contribution >= 4 is 47.4 Å². The van der Waals surface area contributed by atoms with E-state index in [-0.39, 0.29) is 20.8 Å². The SMILES string of the molecule is CCCCCCCCCCCCCCCCc1ccc(C(=O)O)cc1S(=O)(=O)NN=c1sc2ccc(S(=O)(=O)C(F)F)cc2n1C. The van der Waals surface area contributed by atoms with Crippen molar-refractivity contribution < 1.29 is 35.5 Å². The quantitative estimate of drug-likeness (QED) is 0.0862. The van der Waals surface area contributed by atoms with E-state index in [2.05, 4.69) is 16.9 Å². The number of thiazole rings is 1. The molecule has 0 aliphatic rings. The van der Waals surface area contributed by atoms with Crippen LogP contribution < -0.4 is 9.63 Å². The number of aromatic carboxylic acids is 1. The van der Waals surface area contributed by atoms with Gasteiger partial charge in [-0.1, -0.05) is 108 Å². The Morgan fingerprint density at radius 3 is 1.98 bits per heavy atom. The standard InChI is InChI=1S/C32H45F2N3O6S3/c1-3-4-5-6-7-8-9-10-11-12-13-14-15-16-17-24-18-19-25(30(38)39)22-29(24)46(42,43)36-35-32-37(2)27-23-26(20-21-28(27)44-32)45(40,41)31(33)34/h18-23,31,36H,3-17H2,1-2H3,(H,38,39). The van der Waals surface area contributed by atoms with Crippen molar-refractivity contribution in [2.24, 2.45) is 12.1 Å². The third-order valence-corrected chi connectivity index (χ3v) is 11.8. The van der Waals surface area contributed by atoms with Crippen LogP contribution in [0.5, 0.6) is 0 Å². The molecule has 0 radical (unpaired) electrons. The van der Waals surface area contributed by atoms with Gasteiger partial charge in [0.15, 0.2) is 0 Å². The molecule has 9 nitrogen and oxygen atoms in total. The van der Waals surface area contributed by atoms with Gasteiger partial charge in [-0.25, -0.2) is 13.2 Å². The Bertz CT molecular complexity index is 1740. The molecule has 0 saturated carbocycles. The number of rotatable bonds is 21. The fraction of sp³-hybridized carbons (Fsp3) is 0.562. The highest BCUT2D eigenvalue weighted by atomic mass is 32.2. The van der Waals surface area contributed by atoms with Crippen molar-refractivity contribution in [3.8, 4) is 0 Å². The number of benzene rings is 2. The van der Waals surface area contributed by atoms with Gasteiger partial charge in [-0.15, -0.1) is 5.10 Å². The fourth-order valence-corrected chi connectivity index (χ4v) is 8.15. The number of sulfonamides is 1. The first-order valence-electron chi connectivity index (χ1n) is 15.9. The van der Waals surface area contributed by atoms with E-state index >= 15 is 0 Å². The maximum Gasteiger partial charge on any atom is 0.341 e. The molecule has 0 aliphatic carbocycles. The van der Waals surface area contributed by atoms with Gasteiger partial charge in [0.05, 0.1) is 25.6 Å². The van der Waals surface area contributed by atoms with E-state index < -0.39 is 36.5 Å². The topological polar surface area (TPSA) is 135 Å². The molecule has 14 heteroatoms. The second-order valence-corrected chi connectivity index (χ2v) is 16.1. The largest absolute Gasteiger partial charge is 0.478 e. The third-order valence-electron chi connectivity index (χ3n) is 8.01. The molecular weight excluding hydrogens is 657 g/mol. The number of sulfone groups is 1. The molecule has 0 fully saturated rings. The number of hydrogen-bond donors (Lipinski definition) is 2. The molecule has 0 atom stereocenters. The van der Waals surface area contributed by atoms with Crippen LogP contribution in [0, 0.1) is 0 Å². The van der Waals surface area contributed by atoms with E-state index in [0.717, 1.165) is 55.2 Å². The number of nitrogens with zero attached hydrogens (tertiary/aromatic N) is 2. The lowest BCUT2D eigenvalue weighted by Crippen LogP contribution is -2.25. The molecule has 2 N–H and O–H groups in total. The van der Waals surface area contributed by atoms with Gasteiger partial charge in [0.2, 0.25) is 14.6 Å². The predicted molar refractivity (Wildman–Crippen MR) is 177 cm³/mol. The number of aromatic nitrogens is 1. The number of hydrogen-bond acceptors (Lipinski definition) is 7. The van der Waals surface area contributed by atoms with E-state index in [1.54, 1.807) is 0 Å². The van der Waals surface area contributed by atoms with Crippen molar-refractivity contribution in [1.82, 2.24) is 9.40 Å². The Morgan fingerprint density at radius 2 is 1.43 bits per heavy atom. The summed E-state index contributed by atoms with van der Waals surface area (Å²) in [4.78, 5) is 13.2. The molecule has 0 amide bonds. The molecule has 0 bridgehead atoms. The minimum absolute atomic E-state index is 0.132. The van der Waals surface area contributed by atoms with Crippen LogP contribution >= 0.6 is 11.3 Å². The predicted octanol–water partition coefficient (Wildman–Crippen LogP) is 7.75. The smallest absolute Gasteiger partial charge is 0.341 e. The molecule has 0 unspecified atom stereocenters. The van der Waals surface area contributed by atoms with Crippen molar-refractivity contribution in [3.63, 3.8) is 0 Å². The first-order chi connectivity index (χ1) is 21.9. The zero-order chi connectivity index (χ0) is 33.7. The van der Waals surface area contributed by atoms with E-state index in [4.69, 9.17) is 0 Å². The van der Waals surface area contributed by atoms with Gasteiger partial charge in [-0.3, -0.25) is 0 Å². The molecule has 0 spiro atoms. The zero-order valence-electron chi connectivity index (χ0n) is 26.5. The van der Waals surface area contributed by atoms with Crippen LogP contribution in [0.2, 0.25) is 0 Å². The minimum atomic E-state index is -4.82. The second kappa shape index (κ2) is 17.9. The van der Waals surface area contributed by atoms with E-state index in [1.807, 2.05) is 0 Å². The summed E-state index contributed by atoms with van der Waals surface area (Å²) < 4.78 is 78.5. The Labute approximate surface area is 274 Å². The van der Waals surface area contributed by atoms with Gasteiger partial charge in [-0.05, 0) is 48.7 Å². The molecule has 1 heterocycles. The zero-order valence-corrected chi connectivity index (χ0v) is 29.0. The number of fused-ring (bicyclic) bond motifs is 1. The maximum atomic E-state index is 13.4. The third kappa shape index (κ3) is 10.6. The number of nitrogens with one attached hydrogen (secondary N) is 1. The first-order valence-corrected chi connectivity index (χ1v) is 19.8.